The molecule has 0 aliphatic heterocycles. The summed E-state index contributed by atoms with van der Waals surface area (Å²) in [5, 5.41) is 2.82. The predicted molar refractivity (Wildman–Crippen MR) is 129 cm³/mol. The van der Waals surface area contributed by atoms with Gasteiger partial charge in [-0.15, -0.1) is 0 Å². The molecule has 1 N–H and O–H groups in total. The lowest BCUT2D eigenvalue weighted by Gasteiger charge is -2.26. The number of unbranched alkanes of at least 4 members (excludes halogenated alkanes) is 3. The quantitative estimate of drug-likeness (QED) is 0.209. The molecule has 0 aromatic heterocycles. The predicted octanol–water partition coefficient (Wildman–Crippen LogP) is 4.91. The van der Waals surface area contributed by atoms with Gasteiger partial charge in [0, 0.05) is 18.5 Å². The van der Waals surface area contributed by atoms with Crippen molar-refractivity contribution in [3.05, 3.63) is 29.8 Å². The standard InChI is InChI=1S/C26H39NO7/c1-25(2,3)33-23(30)22(24(31)34-26(4,5)6)18-14-16-19(17-15-18)27-20(28)12-10-8-9-11-13-21(29)32-7/h14-17,22H,8-13H2,1-7H3,(H,27,28). The Bertz CT molecular complexity index is 804. The van der Waals surface area contributed by atoms with Crippen molar-refractivity contribution in [2.75, 3.05) is 12.4 Å². The Balaban J connectivity index is 2.73. The van der Waals surface area contributed by atoms with Gasteiger partial charge in [0.1, 0.15) is 11.2 Å². The van der Waals surface area contributed by atoms with E-state index in [1.165, 1.54) is 7.11 Å². The summed E-state index contributed by atoms with van der Waals surface area (Å²) >= 11 is 0. The van der Waals surface area contributed by atoms with Gasteiger partial charge in [-0.3, -0.25) is 19.2 Å². The van der Waals surface area contributed by atoms with Crippen LogP contribution < -0.4 is 5.32 Å². The number of hydrogen-bond donors (Lipinski definition) is 1. The number of amides is 1. The Labute approximate surface area is 202 Å². The highest BCUT2D eigenvalue weighted by molar-refractivity contribution is 6.01. The van der Waals surface area contributed by atoms with Crippen molar-refractivity contribution >= 4 is 29.5 Å². The van der Waals surface area contributed by atoms with E-state index in [-0.39, 0.29) is 11.9 Å². The fourth-order valence-electron chi connectivity index (χ4n) is 3.08. The first-order valence-corrected chi connectivity index (χ1v) is 11.6. The van der Waals surface area contributed by atoms with Gasteiger partial charge in [-0.25, -0.2) is 0 Å². The summed E-state index contributed by atoms with van der Waals surface area (Å²) in [5.41, 5.74) is -0.534. The summed E-state index contributed by atoms with van der Waals surface area (Å²) in [7, 11) is 1.37. The fraction of sp³-hybridized carbons (Fsp3) is 0.615. The second-order valence-corrected chi connectivity index (χ2v) is 10.2. The van der Waals surface area contributed by atoms with Gasteiger partial charge in [-0.2, -0.15) is 0 Å². The summed E-state index contributed by atoms with van der Waals surface area (Å²) in [5.74, 6) is -2.96. The molecule has 0 fully saturated rings. The minimum Gasteiger partial charge on any atom is -0.469 e. The molecule has 0 saturated carbocycles. The van der Waals surface area contributed by atoms with Crippen molar-refractivity contribution in [1.82, 2.24) is 0 Å². The molecule has 34 heavy (non-hydrogen) atoms. The van der Waals surface area contributed by atoms with Crippen molar-refractivity contribution in [2.24, 2.45) is 0 Å². The number of hydrogen-bond acceptors (Lipinski definition) is 7. The molecular formula is C26H39NO7. The molecule has 0 aliphatic rings. The van der Waals surface area contributed by atoms with Gasteiger partial charge in [-0.05, 0) is 72.1 Å². The van der Waals surface area contributed by atoms with E-state index in [1.807, 2.05) is 0 Å². The number of methoxy groups -OCH3 is 1. The van der Waals surface area contributed by atoms with Crippen LogP contribution in [-0.4, -0.2) is 42.1 Å². The number of rotatable bonds is 11. The van der Waals surface area contributed by atoms with Crippen molar-refractivity contribution in [1.29, 1.82) is 0 Å². The zero-order valence-electron chi connectivity index (χ0n) is 21.5. The fourth-order valence-corrected chi connectivity index (χ4v) is 3.08. The third kappa shape index (κ3) is 11.8. The highest BCUT2D eigenvalue weighted by Crippen LogP contribution is 2.26. The van der Waals surface area contributed by atoms with Crippen LogP contribution in [0.15, 0.2) is 24.3 Å². The third-order valence-corrected chi connectivity index (χ3v) is 4.58. The van der Waals surface area contributed by atoms with E-state index >= 15 is 0 Å². The maximum atomic E-state index is 12.8. The molecule has 0 heterocycles. The Kier molecular flexibility index (Phi) is 11.2. The maximum absolute atomic E-state index is 12.8. The number of anilines is 1. The summed E-state index contributed by atoms with van der Waals surface area (Å²) in [6.45, 7) is 10.4. The molecule has 0 aliphatic carbocycles. The van der Waals surface area contributed by atoms with Crippen LogP contribution in [0.5, 0.6) is 0 Å². The van der Waals surface area contributed by atoms with Gasteiger partial charge in [-0.1, -0.05) is 25.0 Å². The zero-order valence-corrected chi connectivity index (χ0v) is 21.5. The molecule has 190 valence electrons. The zero-order chi connectivity index (χ0) is 25.9. The molecule has 0 unspecified atom stereocenters. The molecule has 0 spiro atoms. The van der Waals surface area contributed by atoms with Crippen LogP contribution in [0.2, 0.25) is 0 Å². The number of esters is 3. The van der Waals surface area contributed by atoms with Crippen LogP contribution in [-0.2, 0) is 33.4 Å². The molecule has 8 nitrogen and oxygen atoms in total. The first-order chi connectivity index (χ1) is 15.7. The number of benzene rings is 1. The van der Waals surface area contributed by atoms with Gasteiger partial charge in [0.2, 0.25) is 5.91 Å². The topological polar surface area (TPSA) is 108 Å². The summed E-state index contributed by atoms with van der Waals surface area (Å²) in [6.07, 6.45) is 3.91. The van der Waals surface area contributed by atoms with Crippen molar-refractivity contribution < 1.29 is 33.4 Å². The molecule has 1 aromatic carbocycles. The molecule has 1 amide bonds. The average Bonchev–Trinajstić information content (AvgIpc) is 2.69. The molecule has 0 radical (unpaired) electrons. The minimum atomic E-state index is -1.23. The molecule has 0 bridgehead atoms. The Morgan fingerprint density at radius 1 is 0.765 bits per heavy atom. The van der Waals surface area contributed by atoms with E-state index in [4.69, 9.17) is 9.47 Å². The SMILES string of the molecule is COC(=O)CCCCCCC(=O)Nc1ccc(C(C(=O)OC(C)(C)C)C(=O)OC(C)(C)C)cc1. The summed E-state index contributed by atoms with van der Waals surface area (Å²) < 4.78 is 15.5. The van der Waals surface area contributed by atoms with Crippen LogP contribution in [0.3, 0.4) is 0 Å². The van der Waals surface area contributed by atoms with Gasteiger partial charge >= 0.3 is 17.9 Å². The van der Waals surface area contributed by atoms with Gasteiger partial charge < -0.3 is 19.5 Å². The van der Waals surface area contributed by atoms with E-state index in [1.54, 1.807) is 65.8 Å². The van der Waals surface area contributed by atoms with Crippen molar-refractivity contribution in [3.63, 3.8) is 0 Å². The van der Waals surface area contributed by atoms with Gasteiger partial charge in [0.15, 0.2) is 5.92 Å². The van der Waals surface area contributed by atoms with Crippen molar-refractivity contribution in [3.8, 4) is 0 Å². The number of carbonyl (C=O) groups is 4. The Hall–Kier alpha value is -2.90. The monoisotopic (exact) mass is 477 g/mol. The van der Waals surface area contributed by atoms with Crippen LogP contribution in [0, 0.1) is 0 Å². The van der Waals surface area contributed by atoms with E-state index < -0.39 is 29.1 Å². The van der Waals surface area contributed by atoms with E-state index in [2.05, 4.69) is 10.1 Å². The molecule has 1 rings (SSSR count). The van der Waals surface area contributed by atoms with Crippen LogP contribution in [0.25, 0.3) is 0 Å². The first kappa shape index (κ1) is 29.1. The van der Waals surface area contributed by atoms with Crippen molar-refractivity contribution in [2.45, 2.75) is 97.2 Å². The molecular weight excluding hydrogens is 438 g/mol. The molecule has 8 heteroatoms. The van der Waals surface area contributed by atoms with E-state index in [0.717, 1.165) is 19.3 Å². The average molecular weight is 478 g/mol. The Morgan fingerprint density at radius 3 is 1.68 bits per heavy atom. The minimum absolute atomic E-state index is 0.128. The normalized spacial score (nSPS) is 11.6. The smallest absolute Gasteiger partial charge is 0.325 e. The van der Waals surface area contributed by atoms with Crippen LogP contribution in [0.1, 0.15) is 91.5 Å². The molecule has 1 aromatic rings. The first-order valence-electron chi connectivity index (χ1n) is 11.6. The summed E-state index contributed by atoms with van der Waals surface area (Å²) in [4.78, 5) is 48.9. The van der Waals surface area contributed by atoms with Gasteiger partial charge in [0.25, 0.3) is 0 Å². The maximum Gasteiger partial charge on any atom is 0.325 e. The third-order valence-electron chi connectivity index (χ3n) is 4.58. The molecule has 0 atom stereocenters. The second kappa shape index (κ2) is 13.1. The lowest BCUT2D eigenvalue weighted by molar-refractivity contribution is -0.169. The highest BCUT2D eigenvalue weighted by Gasteiger charge is 2.36. The van der Waals surface area contributed by atoms with E-state index in [0.29, 0.717) is 30.5 Å². The van der Waals surface area contributed by atoms with E-state index in [9.17, 15) is 19.2 Å². The lowest BCUT2D eigenvalue weighted by Crippen LogP contribution is -2.35. The molecule has 0 saturated heterocycles. The van der Waals surface area contributed by atoms with Gasteiger partial charge in [0.05, 0.1) is 7.11 Å². The largest absolute Gasteiger partial charge is 0.469 e. The van der Waals surface area contributed by atoms with Crippen LogP contribution in [0.4, 0.5) is 5.69 Å². The second-order valence-electron chi connectivity index (χ2n) is 10.2. The summed E-state index contributed by atoms with van der Waals surface area (Å²) in [6, 6.07) is 6.51. The number of nitrogens with one attached hydrogen (secondary N) is 1. The number of carbonyl (C=O) groups excluding carboxylic acids is 4. The van der Waals surface area contributed by atoms with Crippen LogP contribution >= 0.6 is 0 Å². The Morgan fingerprint density at radius 2 is 1.24 bits per heavy atom. The lowest BCUT2D eigenvalue weighted by atomic mass is 9.98. The number of ether oxygens (including phenoxy) is 3. The highest BCUT2D eigenvalue weighted by atomic mass is 16.6.